The summed E-state index contributed by atoms with van der Waals surface area (Å²) in [5, 5.41) is 4.23. The van der Waals surface area contributed by atoms with Crippen molar-refractivity contribution < 1.29 is 14.3 Å². The zero-order chi connectivity index (χ0) is 16.4. The van der Waals surface area contributed by atoms with Crippen molar-refractivity contribution in [3.05, 3.63) is 23.2 Å². The second-order valence-electron chi connectivity index (χ2n) is 6.81. The molecule has 3 rings (SSSR count). The van der Waals surface area contributed by atoms with Crippen LogP contribution in [0.1, 0.15) is 38.5 Å². The molecule has 128 valence electrons. The van der Waals surface area contributed by atoms with Crippen LogP contribution in [0, 0.1) is 5.41 Å². The van der Waals surface area contributed by atoms with Gasteiger partial charge in [0.05, 0.1) is 19.9 Å². The van der Waals surface area contributed by atoms with Gasteiger partial charge in [0.1, 0.15) is 12.9 Å². The van der Waals surface area contributed by atoms with Crippen LogP contribution in [0.25, 0.3) is 0 Å². The van der Waals surface area contributed by atoms with Crippen LogP contribution in [0.15, 0.2) is 28.3 Å². The number of fused-ring (bicyclic) bond motifs is 1. The topological polar surface area (TPSA) is 43.3 Å². The van der Waals surface area contributed by atoms with E-state index >= 15 is 0 Å². The minimum atomic E-state index is 0.255. The molecular formula is C18H28N2O3. The third-order valence-electron chi connectivity index (χ3n) is 5.90. The second kappa shape index (κ2) is 6.56. The quantitative estimate of drug-likeness (QED) is 0.747. The lowest BCUT2D eigenvalue weighted by molar-refractivity contribution is 0.167. The molecule has 0 aromatic carbocycles. The summed E-state index contributed by atoms with van der Waals surface area (Å²) in [4.78, 5) is 7.51. The van der Waals surface area contributed by atoms with Crippen LogP contribution < -0.4 is 0 Å². The molecule has 1 aliphatic heterocycles. The molecule has 5 nitrogen and oxygen atoms in total. The van der Waals surface area contributed by atoms with Crippen molar-refractivity contribution in [1.29, 1.82) is 0 Å². The summed E-state index contributed by atoms with van der Waals surface area (Å²) in [6.07, 6.45) is 8.64. The van der Waals surface area contributed by atoms with Gasteiger partial charge < -0.3 is 19.2 Å². The summed E-state index contributed by atoms with van der Waals surface area (Å²) in [6.45, 7) is 1.14. The van der Waals surface area contributed by atoms with E-state index in [1.54, 1.807) is 21.3 Å². The first-order valence-corrected chi connectivity index (χ1v) is 8.46. The number of hydrogen-bond acceptors (Lipinski definition) is 5. The SMILES string of the molecule is CO/N=C1\CC[C@@]2(C3=CC(OC)=C(OC)CC3)CCN(C)[C@H]2C1. The smallest absolute Gasteiger partial charge is 0.156 e. The van der Waals surface area contributed by atoms with Crippen LogP contribution in [0.4, 0.5) is 0 Å². The van der Waals surface area contributed by atoms with Gasteiger partial charge in [-0.1, -0.05) is 10.7 Å². The lowest BCUT2D eigenvalue weighted by Gasteiger charge is -2.44. The first kappa shape index (κ1) is 16.4. The molecule has 0 aromatic rings. The Balaban J connectivity index is 1.93. The van der Waals surface area contributed by atoms with Crippen molar-refractivity contribution in [3.63, 3.8) is 0 Å². The van der Waals surface area contributed by atoms with Crippen LogP contribution in [0.5, 0.6) is 0 Å². The molecule has 2 fully saturated rings. The Labute approximate surface area is 138 Å². The van der Waals surface area contributed by atoms with Gasteiger partial charge in [0.25, 0.3) is 0 Å². The highest BCUT2D eigenvalue weighted by Crippen LogP contribution is 2.53. The highest BCUT2D eigenvalue weighted by atomic mass is 16.6. The number of oxime groups is 1. The van der Waals surface area contributed by atoms with Crippen LogP contribution in [-0.2, 0) is 14.3 Å². The van der Waals surface area contributed by atoms with Crippen LogP contribution >= 0.6 is 0 Å². The van der Waals surface area contributed by atoms with Gasteiger partial charge in [-0.2, -0.15) is 0 Å². The summed E-state index contributed by atoms with van der Waals surface area (Å²) in [6, 6.07) is 0.513. The largest absolute Gasteiger partial charge is 0.497 e. The average molecular weight is 320 g/mol. The van der Waals surface area contributed by atoms with Gasteiger partial charge in [0.15, 0.2) is 5.76 Å². The molecule has 23 heavy (non-hydrogen) atoms. The zero-order valence-corrected chi connectivity index (χ0v) is 14.7. The fourth-order valence-electron chi connectivity index (χ4n) is 4.65. The van der Waals surface area contributed by atoms with Gasteiger partial charge in [-0.25, -0.2) is 0 Å². The maximum atomic E-state index is 5.57. The van der Waals surface area contributed by atoms with Gasteiger partial charge in [-0.15, -0.1) is 0 Å². The normalized spacial score (nSPS) is 33.5. The molecule has 0 spiro atoms. The molecule has 3 aliphatic rings. The van der Waals surface area contributed by atoms with Crippen LogP contribution in [0.2, 0.25) is 0 Å². The lowest BCUT2D eigenvalue weighted by atomic mass is 9.63. The Kier molecular flexibility index (Phi) is 4.67. The number of allylic oxidation sites excluding steroid dienone is 2. The molecular weight excluding hydrogens is 292 g/mol. The molecule has 0 radical (unpaired) electrons. The third kappa shape index (κ3) is 2.75. The zero-order valence-electron chi connectivity index (χ0n) is 14.7. The maximum Gasteiger partial charge on any atom is 0.156 e. The Morgan fingerprint density at radius 3 is 2.65 bits per heavy atom. The monoisotopic (exact) mass is 320 g/mol. The number of nitrogens with zero attached hydrogens (tertiary/aromatic N) is 2. The highest BCUT2D eigenvalue weighted by molar-refractivity contribution is 5.86. The highest BCUT2D eigenvalue weighted by Gasteiger charge is 2.51. The van der Waals surface area contributed by atoms with Crippen molar-refractivity contribution in [3.8, 4) is 0 Å². The predicted molar refractivity (Wildman–Crippen MR) is 90.1 cm³/mol. The van der Waals surface area contributed by atoms with Gasteiger partial charge in [0.2, 0.25) is 0 Å². The molecule has 0 amide bonds. The second-order valence-corrected chi connectivity index (χ2v) is 6.81. The molecule has 2 aliphatic carbocycles. The standard InChI is InChI=1S/C18H28N2O3/c1-20-10-9-18(8-7-14(19-23-4)12-17(18)20)13-5-6-15(21-2)16(11-13)22-3/h11,17H,5-10,12H2,1-4H3/b19-14+/t17-,18-/m0/s1. The van der Waals surface area contributed by atoms with E-state index in [0.29, 0.717) is 6.04 Å². The van der Waals surface area contributed by atoms with Crippen molar-refractivity contribution in [2.24, 2.45) is 10.6 Å². The van der Waals surface area contributed by atoms with E-state index in [9.17, 15) is 0 Å². The van der Waals surface area contributed by atoms with Gasteiger partial charge >= 0.3 is 0 Å². The van der Waals surface area contributed by atoms with E-state index < -0.39 is 0 Å². The minimum Gasteiger partial charge on any atom is -0.497 e. The Morgan fingerprint density at radius 1 is 1.13 bits per heavy atom. The van der Waals surface area contributed by atoms with Crippen molar-refractivity contribution in [1.82, 2.24) is 4.90 Å². The molecule has 0 aromatic heterocycles. The molecule has 5 heteroatoms. The Bertz CT molecular complexity index is 552. The predicted octanol–water partition coefficient (Wildman–Crippen LogP) is 3.09. The van der Waals surface area contributed by atoms with E-state index in [0.717, 1.165) is 50.2 Å². The number of methoxy groups -OCH3 is 2. The fraction of sp³-hybridized carbons (Fsp3) is 0.722. The lowest BCUT2D eigenvalue weighted by Crippen LogP contribution is -2.44. The van der Waals surface area contributed by atoms with E-state index in [2.05, 4.69) is 23.2 Å². The molecule has 0 bridgehead atoms. The first-order valence-electron chi connectivity index (χ1n) is 8.46. The van der Waals surface area contributed by atoms with E-state index in [-0.39, 0.29) is 5.41 Å². The maximum absolute atomic E-state index is 5.57. The summed E-state index contributed by atoms with van der Waals surface area (Å²) >= 11 is 0. The third-order valence-corrected chi connectivity index (χ3v) is 5.90. The molecule has 0 N–H and O–H groups in total. The van der Waals surface area contributed by atoms with Crippen molar-refractivity contribution in [2.75, 3.05) is 34.9 Å². The molecule has 1 saturated carbocycles. The van der Waals surface area contributed by atoms with Gasteiger partial charge in [-0.05, 0) is 45.4 Å². The van der Waals surface area contributed by atoms with E-state index in [1.807, 2.05) is 0 Å². The molecule has 2 atom stereocenters. The Morgan fingerprint density at radius 2 is 1.96 bits per heavy atom. The summed E-state index contributed by atoms with van der Waals surface area (Å²) in [7, 11) is 7.33. The van der Waals surface area contributed by atoms with Gasteiger partial charge in [-0.3, -0.25) is 0 Å². The first-order chi connectivity index (χ1) is 11.1. The Hall–Kier alpha value is -1.49. The van der Waals surface area contributed by atoms with Gasteiger partial charge in [0, 0.05) is 24.3 Å². The summed E-state index contributed by atoms with van der Waals surface area (Å²) in [5.74, 6) is 1.86. The average Bonchev–Trinajstić information content (AvgIpc) is 2.92. The molecule has 0 unspecified atom stereocenters. The van der Waals surface area contributed by atoms with E-state index in [4.69, 9.17) is 14.3 Å². The number of likely N-dealkylation sites (tertiary alicyclic amines) is 1. The molecule has 1 saturated heterocycles. The minimum absolute atomic E-state index is 0.255. The summed E-state index contributed by atoms with van der Waals surface area (Å²) in [5.41, 5.74) is 2.98. The van der Waals surface area contributed by atoms with E-state index in [1.165, 1.54) is 17.7 Å². The number of hydrogen-bond donors (Lipinski definition) is 0. The van der Waals surface area contributed by atoms with Crippen LogP contribution in [0.3, 0.4) is 0 Å². The van der Waals surface area contributed by atoms with Crippen LogP contribution in [-0.4, -0.2) is 51.6 Å². The molecule has 1 heterocycles. The number of rotatable bonds is 4. The summed E-state index contributed by atoms with van der Waals surface area (Å²) < 4.78 is 11.0. The number of ether oxygens (including phenoxy) is 2. The fourth-order valence-corrected chi connectivity index (χ4v) is 4.65. The van der Waals surface area contributed by atoms with Crippen molar-refractivity contribution >= 4 is 5.71 Å². The van der Waals surface area contributed by atoms with Crippen molar-refractivity contribution in [2.45, 2.75) is 44.6 Å².